The lowest BCUT2D eigenvalue weighted by Crippen LogP contribution is -2.48. The molecule has 32 heavy (non-hydrogen) atoms. The molecule has 1 saturated heterocycles. The fraction of sp³-hybridized carbons (Fsp3) is 0.370. The van der Waals surface area contributed by atoms with Gasteiger partial charge in [-0.1, -0.05) is 48.0 Å². The van der Waals surface area contributed by atoms with Crippen molar-refractivity contribution >= 4 is 22.6 Å². The van der Waals surface area contributed by atoms with Crippen molar-refractivity contribution in [1.29, 1.82) is 0 Å². The van der Waals surface area contributed by atoms with Crippen LogP contribution in [0.3, 0.4) is 0 Å². The number of nitrogens with zero attached hydrogens (tertiary/aromatic N) is 3. The number of carbonyl (C=O) groups excluding carboxylic acids is 1. The average Bonchev–Trinajstić information content (AvgIpc) is 3.28. The largest absolute Gasteiger partial charge is 0.355 e. The minimum atomic E-state index is -0.249. The third kappa shape index (κ3) is 3.27. The maximum atomic E-state index is 13.4. The number of anilines is 1. The fourth-order valence-corrected chi connectivity index (χ4v) is 5.37. The number of benzene rings is 2. The number of hydrogen-bond acceptors (Lipinski definition) is 3. The van der Waals surface area contributed by atoms with Crippen LogP contribution in [0.15, 0.2) is 67.0 Å². The zero-order valence-electron chi connectivity index (χ0n) is 18.6. The molecule has 2 aliphatic heterocycles. The summed E-state index contributed by atoms with van der Waals surface area (Å²) in [5, 5.41) is 1.24. The van der Waals surface area contributed by atoms with Crippen LogP contribution < -0.4 is 4.90 Å². The quantitative estimate of drug-likeness (QED) is 0.655. The number of hydrogen-bond donors (Lipinski definition) is 1. The highest BCUT2D eigenvalue weighted by Gasteiger charge is 2.53. The number of H-pyrrole nitrogens is 1. The Morgan fingerprint density at radius 3 is 2.47 bits per heavy atom. The van der Waals surface area contributed by atoms with Crippen molar-refractivity contribution in [1.82, 2.24) is 14.8 Å². The second-order valence-electron chi connectivity index (χ2n) is 9.64. The molecule has 1 saturated carbocycles. The van der Waals surface area contributed by atoms with Gasteiger partial charge in [-0.15, -0.1) is 0 Å². The number of amides is 1. The monoisotopic (exact) mass is 426 g/mol. The molecule has 2 aromatic carbocycles. The van der Waals surface area contributed by atoms with E-state index in [1.807, 2.05) is 0 Å². The van der Waals surface area contributed by atoms with Gasteiger partial charge in [0.25, 0.3) is 0 Å². The maximum absolute atomic E-state index is 13.4. The summed E-state index contributed by atoms with van der Waals surface area (Å²) in [6.45, 7) is 4.67. The van der Waals surface area contributed by atoms with Crippen molar-refractivity contribution in [3.8, 4) is 0 Å². The number of piperidine rings is 1. The van der Waals surface area contributed by atoms with Crippen LogP contribution in [0.5, 0.6) is 0 Å². The van der Waals surface area contributed by atoms with Crippen molar-refractivity contribution in [2.24, 2.45) is 0 Å². The number of aryl methyl sites for hydroxylation is 1. The van der Waals surface area contributed by atoms with Gasteiger partial charge in [0.2, 0.25) is 5.91 Å². The zero-order valence-corrected chi connectivity index (χ0v) is 18.6. The third-order valence-corrected chi connectivity index (χ3v) is 7.56. The van der Waals surface area contributed by atoms with Crippen LogP contribution in [-0.2, 0) is 10.2 Å². The number of para-hydroxylation sites is 1. The molecular weight excluding hydrogens is 396 g/mol. The number of carbonyl (C=O) groups is 1. The van der Waals surface area contributed by atoms with Crippen LogP contribution >= 0.6 is 0 Å². The molecule has 5 nitrogen and oxygen atoms in total. The Morgan fingerprint density at radius 2 is 1.75 bits per heavy atom. The molecule has 0 spiro atoms. The molecule has 1 amide bonds. The number of fused-ring (bicyclic) bond motifs is 1. The van der Waals surface area contributed by atoms with Gasteiger partial charge in [0.05, 0.1) is 12.1 Å². The molecule has 0 bridgehead atoms. The van der Waals surface area contributed by atoms with E-state index in [1.54, 1.807) is 0 Å². The summed E-state index contributed by atoms with van der Waals surface area (Å²) in [5.41, 5.74) is 3.37. The van der Waals surface area contributed by atoms with Gasteiger partial charge in [0, 0.05) is 42.4 Å². The highest BCUT2D eigenvalue weighted by molar-refractivity contribution is 5.91. The molecule has 2 fully saturated rings. The van der Waals surface area contributed by atoms with E-state index in [1.165, 1.54) is 22.0 Å². The summed E-state index contributed by atoms with van der Waals surface area (Å²) in [6.07, 6.45) is 8.41. The number of aromatic amines is 1. The van der Waals surface area contributed by atoms with Crippen LogP contribution in [0.4, 0.5) is 5.82 Å². The van der Waals surface area contributed by atoms with E-state index in [2.05, 4.69) is 93.6 Å². The van der Waals surface area contributed by atoms with Gasteiger partial charge in [-0.2, -0.15) is 0 Å². The molecule has 1 aromatic heterocycles. The summed E-state index contributed by atoms with van der Waals surface area (Å²) in [7, 11) is 0. The van der Waals surface area contributed by atoms with E-state index >= 15 is 0 Å². The van der Waals surface area contributed by atoms with Crippen LogP contribution in [0, 0.1) is 6.92 Å². The van der Waals surface area contributed by atoms with Gasteiger partial charge in [-0.3, -0.25) is 4.79 Å². The van der Waals surface area contributed by atoms with E-state index in [0.717, 1.165) is 51.3 Å². The Kier molecular flexibility index (Phi) is 4.53. The molecule has 3 aromatic rings. The zero-order chi connectivity index (χ0) is 21.7. The van der Waals surface area contributed by atoms with E-state index in [0.29, 0.717) is 11.9 Å². The number of aromatic nitrogens is 1. The second kappa shape index (κ2) is 7.44. The third-order valence-electron chi connectivity index (χ3n) is 7.56. The minimum Gasteiger partial charge on any atom is -0.355 e. The normalized spacial score (nSPS) is 20.3. The lowest BCUT2D eigenvalue weighted by atomic mass is 9.92. The van der Waals surface area contributed by atoms with Gasteiger partial charge in [-0.25, -0.2) is 0 Å². The maximum Gasteiger partial charge on any atom is 0.233 e. The van der Waals surface area contributed by atoms with Gasteiger partial charge in [0.15, 0.2) is 0 Å². The van der Waals surface area contributed by atoms with Crippen LogP contribution in [0.2, 0.25) is 0 Å². The van der Waals surface area contributed by atoms with Gasteiger partial charge < -0.3 is 19.7 Å². The highest BCUT2D eigenvalue weighted by atomic mass is 16.2. The molecule has 0 atom stereocenters. The molecule has 3 aliphatic rings. The molecule has 164 valence electrons. The Bertz CT molecular complexity index is 1130. The first-order valence-corrected chi connectivity index (χ1v) is 11.8. The summed E-state index contributed by atoms with van der Waals surface area (Å²) >= 11 is 0. The molecular formula is C27H30N4O. The van der Waals surface area contributed by atoms with E-state index in [-0.39, 0.29) is 5.41 Å². The SMILES string of the molecule is Cc1ccc(C2(C(=O)N3CCC(N4C=CN(c5cc6ccccc6[nH]5)C4)CC3)CC2)cc1. The number of nitrogens with one attached hydrogen (secondary N) is 1. The van der Waals surface area contributed by atoms with E-state index < -0.39 is 0 Å². The Balaban J connectivity index is 1.08. The Labute approximate surface area is 189 Å². The van der Waals surface area contributed by atoms with Crippen LogP contribution in [0.1, 0.15) is 36.8 Å². The number of likely N-dealkylation sites (tertiary alicyclic amines) is 1. The first-order chi connectivity index (χ1) is 15.6. The summed E-state index contributed by atoms with van der Waals surface area (Å²) in [6, 6.07) is 19.7. The summed E-state index contributed by atoms with van der Waals surface area (Å²) in [4.78, 5) is 23.8. The Morgan fingerprint density at radius 1 is 1.00 bits per heavy atom. The summed E-state index contributed by atoms with van der Waals surface area (Å²) in [5.74, 6) is 1.47. The predicted octanol–water partition coefficient (Wildman–Crippen LogP) is 4.75. The lowest BCUT2D eigenvalue weighted by Gasteiger charge is -2.38. The standard InChI is InChI=1S/C27H30N4O/c1-20-6-8-22(9-7-20)27(12-13-27)26(32)29-14-10-23(11-15-29)30-16-17-31(19-30)25-18-21-4-2-3-5-24(21)28-25/h2-9,16-18,23,28H,10-15,19H2,1H3. The molecule has 0 radical (unpaired) electrons. The summed E-state index contributed by atoms with van der Waals surface area (Å²) < 4.78 is 0. The van der Waals surface area contributed by atoms with Crippen molar-refractivity contribution < 1.29 is 4.79 Å². The predicted molar refractivity (Wildman–Crippen MR) is 128 cm³/mol. The molecule has 1 N–H and O–H groups in total. The fourth-order valence-electron chi connectivity index (χ4n) is 5.37. The van der Waals surface area contributed by atoms with E-state index in [9.17, 15) is 4.79 Å². The topological polar surface area (TPSA) is 42.6 Å². The lowest BCUT2D eigenvalue weighted by molar-refractivity contribution is -0.135. The van der Waals surface area contributed by atoms with E-state index in [4.69, 9.17) is 0 Å². The number of rotatable bonds is 4. The van der Waals surface area contributed by atoms with Crippen molar-refractivity contribution in [3.05, 3.63) is 78.1 Å². The first kappa shape index (κ1) is 19.5. The van der Waals surface area contributed by atoms with Gasteiger partial charge >= 0.3 is 0 Å². The minimum absolute atomic E-state index is 0.249. The van der Waals surface area contributed by atoms with Crippen LogP contribution in [-0.4, -0.2) is 46.5 Å². The first-order valence-electron chi connectivity index (χ1n) is 11.8. The smallest absolute Gasteiger partial charge is 0.233 e. The highest BCUT2D eigenvalue weighted by Crippen LogP contribution is 2.50. The van der Waals surface area contributed by atoms with Crippen molar-refractivity contribution in [3.63, 3.8) is 0 Å². The molecule has 3 heterocycles. The molecule has 1 aliphatic carbocycles. The van der Waals surface area contributed by atoms with Crippen molar-refractivity contribution in [2.45, 2.75) is 44.1 Å². The van der Waals surface area contributed by atoms with Gasteiger partial charge in [0.1, 0.15) is 5.82 Å². The van der Waals surface area contributed by atoms with Crippen molar-refractivity contribution in [2.75, 3.05) is 24.7 Å². The second-order valence-corrected chi connectivity index (χ2v) is 9.64. The van der Waals surface area contributed by atoms with Gasteiger partial charge in [-0.05, 0) is 50.3 Å². The molecule has 6 rings (SSSR count). The van der Waals surface area contributed by atoms with Crippen LogP contribution in [0.25, 0.3) is 10.9 Å². The average molecular weight is 427 g/mol. The molecule has 5 heteroatoms. The Hall–Kier alpha value is -3.21. The molecule has 0 unspecified atom stereocenters.